The third-order valence-electron chi connectivity index (χ3n) is 2.87. The molecule has 0 bridgehead atoms. The van der Waals surface area contributed by atoms with Gasteiger partial charge in [0, 0.05) is 0 Å². The topological polar surface area (TPSA) is 40.5 Å². The molecule has 0 saturated heterocycles. The summed E-state index contributed by atoms with van der Waals surface area (Å²) in [7, 11) is 0. The van der Waals surface area contributed by atoms with Crippen LogP contribution < -0.4 is 0 Å². The van der Waals surface area contributed by atoms with E-state index in [1.807, 2.05) is 30.3 Å². The first-order valence-electron chi connectivity index (χ1n) is 5.94. The van der Waals surface area contributed by atoms with E-state index in [0.29, 0.717) is 12.8 Å². The fourth-order valence-corrected chi connectivity index (χ4v) is 1.68. The average molecular weight is 280 g/mol. The number of hydrogen-bond donors (Lipinski definition) is 2. The molecular weight excluding hydrogens is 264 g/mol. The van der Waals surface area contributed by atoms with Gasteiger partial charge in [-0.25, -0.2) is 4.39 Å². The SMILES string of the molecule is OC(O)(C(F)CCCCc1ccccc1)C(F)(F)F. The second-order valence-corrected chi connectivity index (χ2v) is 4.42. The molecule has 0 aromatic heterocycles. The number of rotatable bonds is 6. The molecule has 19 heavy (non-hydrogen) atoms. The molecule has 0 saturated carbocycles. The molecule has 1 atom stereocenters. The van der Waals surface area contributed by atoms with Gasteiger partial charge in [0.25, 0.3) is 5.79 Å². The van der Waals surface area contributed by atoms with Gasteiger partial charge in [0.15, 0.2) is 6.17 Å². The molecule has 0 fully saturated rings. The van der Waals surface area contributed by atoms with Crippen molar-refractivity contribution in [3.63, 3.8) is 0 Å². The molecule has 2 N–H and O–H groups in total. The molecule has 1 rings (SSSR count). The van der Waals surface area contributed by atoms with Gasteiger partial charge in [-0.3, -0.25) is 0 Å². The van der Waals surface area contributed by atoms with Gasteiger partial charge in [-0.1, -0.05) is 36.8 Å². The molecule has 2 nitrogen and oxygen atoms in total. The fourth-order valence-electron chi connectivity index (χ4n) is 1.68. The average Bonchev–Trinajstić information content (AvgIpc) is 2.34. The number of hydrogen-bond acceptors (Lipinski definition) is 2. The van der Waals surface area contributed by atoms with Gasteiger partial charge >= 0.3 is 6.18 Å². The lowest BCUT2D eigenvalue weighted by atomic mass is 10.0. The zero-order valence-electron chi connectivity index (χ0n) is 10.2. The van der Waals surface area contributed by atoms with E-state index in [9.17, 15) is 17.6 Å². The Morgan fingerprint density at radius 2 is 1.58 bits per heavy atom. The van der Waals surface area contributed by atoms with Crippen molar-refractivity contribution in [1.29, 1.82) is 0 Å². The number of alkyl halides is 4. The largest absolute Gasteiger partial charge is 0.446 e. The van der Waals surface area contributed by atoms with Crippen LogP contribution in [0.5, 0.6) is 0 Å². The van der Waals surface area contributed by atoms with Crippen LogP contribution >= 0.6 is 0 Å². The predicted molar refractivity (Wildman–Crippen MR) is 62.1 cm³/mol. The molecule has 1 unspecified atom stereocenters. The van der Waals surface area contributed by atoms with Crippen molar-refractivity contribution in [2.75, 3.05) is 0 Å². The molecule has 6 heteroatoms. The molecular formula is C13H16F4O2. The minimum atomic E-state index is -5.38. The van der Waals surface area contributed by atoms with Crippen LogP contribution in [-0.4, -0.2) is 28.3 Å². The Morgan fingerprint density at radius 3 is 2.11 bits per heavy atom. The van der Waals surface area contributed by atoms with Crippen molar-refractivity contribution in [2.45, 2.75) is 43.8 Å². The minimum absolute atomic E-state index is 0.148. The summed E-state index contributed by atoms with van der Waals surface area (Å²) in [6.45, 7) is 0. The van der Waals surface area contributed by atoms with Gasteiger partial charge in [0.2, 0.25) is 0 Å². The first kappa shape index (κ1) is 15.9. The van der Waals surface area contributed by atoms with E-state index < -0.39 is 24.6 Å². The smallest absolute Gasteiger partial charge is 0.356 e. The number of aliphatic hydroxyl groups is 2. The summed E-state index contributed by atoms with van der Waals surface area (Å²) in [6.07, 6.45) is -7.41. The Labute approximate surface area is 108 Å². The summed E-state index contributed by atoms with van der Waals surface area (Å²) in [5.41, 5.74) is 1.01. The minimum Gasteiger partial charge on any atom is -0.356 e. The van der Waals surface area contributed by atoms with Crippen molar-refractivity contribution >= 4 is 0 Å². The normalized spacial score (nSPS) is 14.4. The number of unbranched alkanes of at least 4 members (excludes halogenated alkanes) is 1. The summed E-state index contributed by atoms with van der Waals surface area (Å²) in [5.74, 6) is -4.26. The Bertz CT molecular complexity index is 376. The maximum absolute atomic E-state index is 13.2. The zero-order chi connectivity index (χ0) is 14.5. The third-order valence-corrected chi connectivity index (χ3v) is 2.87. The van der Waals surface area contributed by atoms with Gasteiger partial charge in [-0.15, -0.1) is 0 Å². The maximum atomic E-state index is 13.2. The Balaban J connectivity index is 2.33. The van der Waals surface area contributed by atoms with Crippen LogP contribution in [0.1, 0.15) is 24.8 Å². The van der Waals surface area contributed by atoms with Crippen LogP contribution in [0.2, 0.25) is 0 Å². The van der Waals surface area contributed by atoms with E-state index >= 15 is 0 Å². The highest BCUT2D eigenvalue weighted by Crippen LogP contribution is 2.34. The lowest BCUT2D eigenvalue weighted by Crippen LogP contribution is -2.52. The molecule has 0 amide bonds. The molecule has 108 valence electrons. The van der Waals surface area contributed by atoms with Crippen molar-refractivity contribution < 1.29 is 27.8 Å². The van der Waals surface area contributed by atoms with Crippen LogP contribution in [0.15, 0.2) is 30.3 Å². The van der Waals surface area contributed by atoms with E-state index in [4.69, 9.17) is 10.2 Å². The second-order valence-electron chi connectivity index (χ2n) is 4.42. The number of aryl methyl sites for hydroxylation is 1. The highest BCUT2D eigenvalue weighted by molar-refractivity contribution is 5.14. The third kappa shape index (κ3) is 4.47. The molecule has 0 spiro atoms. The van der Waals surface area contributed by atoms with Crippen molar-refractivity contribution in [1.82, 2.24) is 0 Å². The van der Waals surface area contributed by atoms with E-state index in [1.54, 1.807) is 0 Å². The molecule has 0 radical (unpaired) electrons. The number of halogens is 4. The Morgan fingerprint density at radius 1 is 1.00 bits per heavy atom. The van der Waals surface area contributed by atoms with E-state index in [0.717, 1.165) is 5.56 Å². The monoisotopic (exact) mass is 280 g/mol. The van der Waals surface area contributed by atoms with Gasteiger partial charge in [0.1, 0.15) is 0 Å². The first-order valence-corrected chi connectivity index (χ1v) is 5.94. The summed E-state index contributed by atoms with van der Waals surface area (Å²) >= 11 is 0. The van der Waals surface area contributed by atoms with E-state index in [2.05, 4.69) is 0 Å². The van der Waals surface area contributed by atoms with Crippen molar-refractivity contribution in [3.8, 4) is 0 Å². The van der Waals surface area contributed by atoms with Gasteiger partial charge < -0.3 is 10.2 Å². The van der Waals surface area contributed by atoms with Crippen molar-refractivity contribution in [2.24, 2.45) is 0 Å². The van der Waals surface area contributed by atoms with Gasteiger partial charge in [-0.2, -0.15) is 13.2 Å². The lowest BCUT2D eigenvalue weighted by molar-refractivity contribution is -0.369. The summed E-state index contributed by atoms with van der Waals surface area (Å²) in [4.78, 5) is 0. The lowest BCUT2D eigenvalue weighted by Gasteiger charge is -2.27. The summed E-state index contributed by atoms with van der Waals surface area (Å²) in [5, 5.41) is 17.4. The van der Waals surface area contributed by atoms with Crippen molar-refractivity contribution in [3.05, 3.63) is 35.9 Å². The quantitative estimate of drug-likeness (QED) is 0.478. The standard InChI is InChI=1S/C13H16F4O2/c14-11(12(18,19)13(15,16)17)9-5-4-8-10-6-2-1-3-7-10/h1-3,6-7,11,18-19H,4-5,8-9H2. The summed E-state index contributed by atoms with van der Waals surface area (Å²) in [6, 6.07) is 9.25. The Hall–Kier alpha value is -1.14. The van der Waals surface area contributed by atoms with Gasteiger partial charge in [-0.05, 0) is 24.8 Å². The van der Waals surface area contributed by atoms with Crippen LogP contribution in [-0.2, 0) is 6.42 Å². The highest BCUT2D eigenvalue weighted by atomic mass is 19.4. The van der Waals surface area contributed by atoms with Crippen LogP contribution in [0.3, 0.4) is 0 Å². The molecule has 1 aromatic rings. The highest BCUT2D eigenvalue weighted by Gasteiger charge is 2.58. The maximum Gasteiger partial charge on any atom is 0.446 e. The zero-order valence-corrected chi connectivity index (χ0v) is 10.2. The Kier molecular flexibility index (Phi) is 5.31. The molecule has 0 aliphatic carbocycles. The molecule has 0 heterocycles. The number of benzene rings is 1. The predicted octanol–water partition coefficient (Wildman–Crippen LogP) is 2.98. The summed E-state index contributed by atoms with van der Waals surface area (Å²) < 4.78 is 49.5. The fraction of sp³-hybridized carbons (Fsp3) is 0.538. The van der Waals surface area contributed by atoms with Crippen LogP contribution in [0.4, 0.5) is 17.6 Å². The van der Waals surface area contributed by atoms with E-state index in [-0.39, 0.29) is 6.42 Å². The molecule has 0 aliphatic rings. The van der Waals surface area contributed by atoms with Gasteiger partial charge in [0.05, 0.1) is 0 Å². The first-order chi connectivity index (χ1) is 8.75. The second kappa shape index (κ2) is 6.34. The van der Waals surface area contributed by atoms with Crippen LogP contribution in [0.25, 0.3) is 0 Å². The van der Waals surface area contributed by atoms with Crippen LogP contribution in [0, 0.1) is 0 Å². The molecule has 1 aromatic carbocycles. The molecule has 0 aliphatic heterocycles. The van der Waals surface area contributed by atoms with E-state index in [1.165, 1.54) is 0 Å².